The summed E-state index contributed by atoms with van der Waals surface area (Å²) in [7, 11) is -0.942. The number of carbonyl (C=O) groups excluding carboxylic acids is 3. The third kappa shape index (κ3) is 11.6. The van der Waals surface area contributed by atoms with Crippen LogP contribution in [0, 0.1) is 17.8 Å². The smallest absolute Gasteiger partial charge is 0.255 e. The zero-order valence-corrected chi connectivity index (χ0v) is 30.9. The molecule has 0 aliphatic carbocycles. The van der Waals surface area contributed by atoms with Crippen LogP contribution in [-0.2, 0) is 31.9 Å². The first-order valence-electron chi connectivity index (χ1n) is 16.9. The number of ether oxygens (including phenoxy) is 1. The average molecular weight is 709 g/mol. The normalized spacial score (nSPS) is 14.0. The molecule has 0 heterocycles. The van der Waals surface area contributed by atoms with Gasteiger partial charge in [-0.05, 0) is 54.0 Å². The Morgan fingerprint density at radius 1 is 0.820 bits per heavy atom. The summed E-state index contributed by atoms with van der Waals surface area (Å²) in [5.41, 5.74) is 1.93. The maximum Gasteiger partial charge on any atom is 0.255 e. The van der Waals surface area contributed by atoms with Gasteiger partial charge >= 0.3 is 0 Å². The van der Waals surface area contributed by atoms with E-state index in [9.17, 15) is 27.9 Å². The maximum atomic E-state index is 13.7. The fraction of sp³-hybridized carbons (Fsp3) is 0.447. The molecule has 12 heteroatoms. The van der Waals surface area contributed by atoms with Crippen LogP contribution < -0.4 is 25.0 Å². The number of amides is 3. The van der Waals surface area contributed by atoms with Gasteiger partial charge in [-0.3, -0.25) is 18.7 Å². The van der Waals surface area contributed by atoms with Crippen molar-refractivity contribution in [1.82, 2.24) is 16.0 Å². The van der Waals surface area contributed by atoms with Crippen molar-refractivity contribution in [3.8, 4) is 5.75 Å². The average Bonchev–Trinajstić information content (AvgIpc) is 3.08. The summed E-state index contributed by atoms with van der Waals surface area (Å²) in [6.07, 6.45) is -0.669. The number of sulfonamides is 1. The van der Waals surface area contributed by atoms with Crippen molar-refractivity contribution in [3.63, 3.8) is 0 Å². The van der Waals surface area contributed by atoms with E-state index in [0.29, 0.717) is 18.5 Å². The summed E-state index contributed by atoms with van der Waals surface area (Å²) in [6, 6.07) is 21.3. The fourth-order valence-electron chi connectivity index (χ4n) is 5.54. The minimum Gasteiger partial charge on any atom is -0.496 e. The predicted molar refractivity (Wildman–Crippen MR) is 196 cm³/mol. The number of carbonyl (C=O) groups is 3. The zero-order chi connectivity index (χ0) is 37.0. The Morgan fingerprint density at radius 2 is 1.42 bits per heavy atom. The number of anilines is 1. The van der Waals surface area contributed by atoms with Crippen molar-refractivity contribution < 1.29 is 32.6 Å². The minimum atomic E-state index is -3.78. The molecule has 0 aliphatic rings. The van der Waals surface area contributed by atoms with Crippen LogP contribution in [0.1, 0.15) is 68.9 Å². The molecule has 0 radical (unpaired) electrons. The topological polar surface area (TPSA) is 154 Å². The van der Waals surface area contributed by atoms with Crippen LogP contribution in [0.25, 0.3) is 0 Å². The third-order valence-electron chi connectivity index (χ3n) is 8.51. The van der Waals surface area contributed by atoms with E-state index in [4.69, 9.17) is 4.74 Å². The predicted octanol–water partition coefficient (Wildman–Crippen LogP) is 4.65. The lowest BCUT2D eigenvalue weighted by atomic mass is 9.91. The molecular weight excluding hydrogens is 657 g/mol. The van der Waals surface area contributed by atoms with Gasteiger partial charge in [0.05, 0.1) is 36.3 Å². The standard InChI is InChI=1S/C38H52N4O7S/c1-25(2)20-32(33(43)21-27(5)36(44)41-35(26(3)4)38(46)39-23-28-14-10-8-11-15-28)40-37(45)31-22-30(18-19-34(31)49-7)42(6)50(47,48)24-29-16-12-9-13-17-29/h8-19,22,25-27,32-33,35,43H,20-21,23-24H2,1-7H3,(H,39,46)(H,40,45)(H,41,44)/t27?,32?,33?,35-/m0/s1. The molecule has 3 aromatic rings. The lowest BCUT2D eigenvalue weighted by molar-refractivity contribution is -0.132. The van der Waals surface area contributed by atoms with Crippen LogP contribution in [0.5, 0.6) is 5.75 Å². The van der Waals surface area contributed by atoms with Gasteiger partial charge in [0, 0.05) is 19.5 Å². The number of nitrogens with zero attached hydrogens (tertiary/aromatic N) is 1. The van der Waals surface area contributed by atoms with Crippen molar-refractivity contribution in [2.75, 3.05) is 18.5 Å². The zero-order valence-electron chi connectivity index (χ0n) is 30.1. The molecule has 0 bridgehead atoms. The molecule has 4 atom stereocenters. The number of aliphatic hydroxyl groups excluding tert-OH is 1. The Balaban J connectivity index is 1.71. The number of rotatable bonds is 18. The summed E-state index contributed by atoms with van der Waals surface area (Å²) in [4.78, 5) is 40.0. The van der Waals surface area contributed by atoms with Crippen LogP contribution in [0.2, 0.25) is 0 Å². The van der Waals surface area contributed by atoms with Gasteiger partial charge in [0.25, 0.3) is 5.91 Å². The molecule has 0 spiro atoms. The van der Waals surface area contributed by atoms with Crippen molar-refractivity contribution >= 4 is 33.4 Å². The van der Waals surface area contributed by atoms with E-state index in [0.717, 1.165) is 9.87 Å². The molecule has 3 rings (SSSR count). The van der Waals surface area contributed by atoms with E-state index in [1.807, 2.05) is 64.1 Å². The molecule has 272 valence electrons. The molecule has 3 amide bonds. The number of benzene rings is 3. The highest BCUT2D eigenvalue weighted by Gasteiger charge is 2.31. The second-order valence-electron chi connectivity index (χ2n) is 13.4. The summed E-state index contributed by atoms with van der Waals surface area (Å²) >= 11 is 0. The maximum absolute atomic E-state index is 13.7. The van der Waals surface area contributed by atoms with Crippen molar-refractivity contribution in [1.29, 1.82) is 0 Å². The van der Waals surface area contributed by atoms with E-state index in [1.54, 1.807) is 37.3 Å². The Kier molecular flexibility index (Phi) is 14.8. The van der Waals surface area contributed by atoms with Crippen molar-refractivity contribution in [2.24, 2.45) is 17.8 Å². The first-order chi connectivity index (χ1) is 23.6. The molecule has 0 saturated carbocycles. The van der Waals surface area contributed by atoms with Crippen molar-refractivity contribution in [2.45, 2.75) is 77.9 Å². The molecule has 50 heavy (non-hydrogen) atoms. The van der Waals surface area contributed by atoms with E-state index in [1.165, 1.54) is 26.3 Å². The Labute approximate surface area is 296 Å². The van der Waals surface area contributed by atoms with E-state index >= 15 is 0 Å². The van der Waals surface area contributed by atoms with Gasteiger partial charge in [-0.25, -0.2) is 8.42 Å². The van der Waals surface area contributed by atoms with Gasteiger partial charge < -0.3 is 25.8 Å². The molecule has 4 N–H and O–H groups in total. The number of hydrogen-bond acceptors (Lipinski definition) is 7. The lowest BCUT2D eigenvalue weighted by Gasteiger charge is -2.29. The second-order valence-corrected chi connectivity index (χ2v) is 15.4. The minimum absolute atomic E-state index is 0.0254. The first-order valence-corrected chi connectivity index (χ1v) is 18.5. The van der Waals surface area contributed by atoms with Gasteiger partial charge in [0.15, 0.2) is 0 Å². The quantitative estimate of drug-likeness (QED) is 0.150. The molecule has 0 saturated heterocycles. The van der Waals surface area contributed by atoms with Crippen LogP contribution in [-0.4, -0.2) is 63.6 Å². The second kappa shape index (κ2) is 18.5. The summed E-state index contributed by atoms with van der Waals surface area (Å²) < 4.78 is 33.0. The van der Waals surface area contributed by atoms with E-state index in [-0.39, 0.29) is 52.8 Å². The van der Waals surface area contributed by atoms with Crippen molar-refractivity contribution in [3.05, 3.63) is 95.6 Å². The number of aliphatic hydroxyl groups is 1. The van der Waals surface area contributed by atoms with Gasteiger partial charge in [-0.15, -0.1) is 0 Å². The summed E-state index contributed by atoms with van der Waals surface area (Å²) in [5.74, 6) is -2.02. The fourth-order valence-corrected chi connectivity index (χ4v) is 6.78. The summed E-state index contributed by atoms with van der Waals surface area (Å²) in [5, 5.41) is 20.0. The van der Waals surface area contributed by atoms with Crippen LogP contribution in [0.3, 0.4) is 0 Å². The Hall–Kier alpha value is -4.42. The lowest BCUT2D eigenvalue weighted by Crippen LogP contribution is -2.51. The highest BCUT2D eigenvalue weighted by atomic mass is 32.2. The Morgan fingerprint density at radius 3 is 1.98 bits per heavy atom. The SMILES string of the molecule is COc1ccc(N(C)S(=O)(=O)Cc2ccccc2)cc1C(=O)NC(CC(C)C)C(O)CC(C)C(=O)N[C@H](C(=O)NCc1ccccc1)C(C)C. The van der Waals surface area contributed by atoms with Gasteiger partial charge in [0.2, 0.25) is 21.8 Å². The molecule has 11 nitrogen and oxygen atoms in total. The van der Waals surface area contributed by atoms with Crippen LogP contribution in [0.15, 0.2) is 78.9 Å². The number of methoxy groups -OCH3 is 1. The first kappa shape index (κ1) is 40.0. The van der Waals surface area contributed by atoms with Crippen LogP contribution >= 0.6 is 0 Å². The van der Waals surface area contributed by atoms with Gasteiger partial charge in [-0.2, -0.15) is 0 Å². The monoisotopic (exact) mass is 708 g/mol. The Bertz CT molecular complexity index is 1670. The van der Waals surface area contributed by atoms with E-state index < -0.39 is 40.0 Å². The van der Waals surface area contributed by atoms with Crippen LogP contribution in [0.4, 0.5) is 5.69 Å². The third-order valence-corrected chi connectivity index (χ3v) is 10.2. The van der Waals surface area contributed by atoms with Gasteiger partial charge in [0.1, 0.15) is 11.8 Å². The number of hydrogen-bond donors (Lipinski definition) is 4. The number of nitrogens with one attached hydrogen (secondary N) is 3. The molecule has 3 aromatic carbocycles. The highest BCUT2D eigenvalue weighted by Crippen LogP contribution is 2.28. The molecule has 0 fully saturated rings. The molecule has 3 unspecified atom stereocenters. The summed E-state index contributed by atoms with van der Waals surface area (Å²) in [6.45, 7) is 9.61. The largest absolute Gasteiger partial charge is 0.496 e. The van der Waals surface area contributed by atoms with E-state index in [2.05, 4.69) is 16.0 Å². The highest BCUT2D eigenvalue weighted by molar-refractivity contribution is 7.92. The van der Waals surface area contributed by atoms with Gasteiger partial charge in [-0.1, -0.05) is 95.3 Å². The molecular formula is C38H52N4O7S. The molecule has 0 aromatic heterocycles. The molecule has 0 aliphatic heterocycles.